The van der Waals surface area contributed by atoms with Crippen LogP contribution < -0.4 is 5.73 Å². The van der Waals surface area contributed by atoms with Crippen LogP contribution in [0.4, 0.5) is 0 Å². The molecule has 1 aliphatic rings. The predicted molar refractivity (Wildman–Crippen MR) is 73.2 cm³/mol. The lowest BCUT2D eigenvalue weighted by molar-refractivity contribution is 0.366. The second-order valence-electron chi connectivity index (χ2n) is 5.16. The van der Waals surface area contributed by atoms with Crippen molar-refractivity contribution in [3.8, 4) is 0 Å². The van der Waals surface area contributed by atoms with Gasteiger partial charge in [0.05, 0.1) is 0 Å². The molecule has 92 valence electrons. The van der Waals surface area contributed by atoms with Gasteiger partial charge in [0.1, 0.15) is 0 Å². The molecular formula is C16H18N2. The highest BCUT2D eigenvalue weighted by Gasteiger charge is 2.32. The van der Waals surface area contributed by atoms with Gasteiger partial charge in [-0.2, -0.15) is 0 Å². The van der Waals surface area contributed by atoms with Gasteiger partial charge < -0.3 is 5.73 Å². The molecule has 2 nitrogen and oxygen atoms in total. The van der Waals surface area contributed by atoms with Gasteiger partial charge in [0.15, 0.2) is 0 Å². The van der Waals surface area contributed by atoms with E-state index in [2.05, 4.69) is 35.3 Å². The molecule has 0 fully saturated rings. The summed E-state index contributed by atoms with van der Waals surface area (Å²) in [4.78, 5) is 4.41. The smallest absolute Gasteiger partial charge is 0.0468 e. The molecule has 0 saturated carbocycles. The first kappa shape index (κ1) is 11.4. The molecule has 1 aliphatic carbocycles. The van der Waals surface area contributed by atoms with E-state index < -0.39 is 0 Å². The molecule has 0 amide bonds. The van der Waals surface area contributed by atoms with E-state index in [-0.39, 0.29) is 5.54 Å². The Labute approximate surface area is 108 Å². The highest BCUT2D eigenvalue weighted by Crippen LogP contribution is 2.35. The number of nitrogens with zero attached hydrogens (tertiary/aromatic N) is 1. The zero-order valence-corrected chi connectivity index (χ0v) is 10.5. The number of rotatable bonds is 2. The third-order valence-electron chi connectivity index (χ3n) is 3.85. The maximum Gasteiger partial charge on any atom is 0.0468 e. The summed E-state index contributed by atoms with van der Waals surface area (Å²) in [6, 6.07) is 14.6. The number of hydrogen-bond acceptors (Lipinski definition) is 2. The summed E-state index contributed by atoms with van der Waals surface area (Å²) in [5.74, 6) is 0. The number of fused-ring (bicyclic) bond motifs is 1. The van der Waals surface area contributed by atoms with E-state index >= 15 is 0 Å². The van der Waals surface area contributed by atoms with Crippen LogP contribution in [0.2, 0.25) is 0 Å². The Kier molecular flexibility index (Phi) is 2.88. The summed E-state index contributed by atoms with van der Waals surface area (Å²) in [7, 11) is 0. The van der Waals surface area contributed by atoms with Crippen LogP contribution in [0.3, 0.4) is 0 Å². The molecule has 0 spiro atoms. The Bertz CT molecular complexity index is 536. The minimum atomic E-state index is -0.247. The summed E-state index contributed by atoms with van der Waals surface area (Å²) in [6.07, 6.45) is 6.02. The molecule has 1 atom stereocenters. The van der Waals surface area contributed by atoms with Crippen LogP contribution in [0.25, 0.3) is 0 Å². The molecular weight excluding hydrogens is 220 g/mol. The van der Waals surface area contributed by atoms with Crippen molar-refractivity contribution in [2.45, 2.75) is 31.2 Å². The van der Waals surface area contributed by atoms with E-state index in [1.807, 2.05) is 18.3 Å². The summed E-state index contributed by atoms with van der Waals surface area (Å²) >= 11 is 0. The fraction of sp³-hybridized carbons (Fsp3) is 0.312. The van der Waals surface area contributed by atoms with E-state index in [1.165, 1.54) is 17.5 Å². The zero-order chi connectivity index (χ0) is 12.4. The lowest BCUT2D eigenvalue weighted by Crippen LogP contribution is -2.42. The summed E-state index contributed by atoms with van der Waals surface area (Å²) in [5.41, 5.74) is 10.2. The summed E-state index contributed by atoms with van der Waals surface area (Å²) < 4.78 is 0. The van der Waals surface area contributed by atoms with Crippen molar-refractivity contribution < 1.29 is 0 Å². The molecule has 0 aliphatic heterocycles. The maximum absolute atomic E-state index is 6.66. The Morgan fingerprint density at radius 3 is 2.78 bits per heavy atom. The van der Waals surface area contributed by atoms with Gasteiger partial charge in [0.25, 0.3) is 0 Å². The zero-order valence-electron chi connectivity index (χ0n) is 10.5. The molecule has 1 heterocycles. The van der Waals surface area contributed by atoms with Gasteiger partial charge in [-0.25, -0.2) is 0 Å². The largest absolute Gasteiger partial charge is 0.321 e. The van der Waals surface area contributed by atoms with Gasteiger partial charge in [0.2, 0.25) is 0 Å². The minimum absolute atomic E-state index is 0.247. The van der Waals surface area contributed by atoms with Gasteiger partial charge in [-0.1, -0.05) is 30.3 Å². The Morgan fingerprint density at radius 2 is 1.94 bits per heavy atom. The van der Waals surface area contributed by atoms with E-state index in [1.54, 1.807) is 0 Å². The maximum atomic E-state index is 6.66. The number of nitrogens with two attached hydrogens (primary N) is 1. The fourth-order valence-corrected chi connectivity index (χ4v) is 2.96. The van der Waals surface area contributed by atoms with Crippen molar-refractivity contribution in [2.24, 2.45) is 5.73 Å². The first-order valence-electron chi connectivity index (χ1n) is 6.55. The van der Waals surface area contributed by atoms with E-state index in [0.717, 1.165) is 25.0 Å². The van der Waals surface area contributed by atoms with Gasteiger partial charge in [-0.3, -0.25) is 4.98 Å². The van der Waals surface area contributed by atoms with Crippen molar-refractivity contribution >= 4 is 0 Å². The highest BCUT2D eigenvalue weighted by molar-refractivity contribution is 5.37. The molecule has 1 aromatic carbocycles. The number of aryl methyl sites for hydroxylation is 1. The number of benzene rings is 1. The van der Waals surface area contributed by atoms with E-state index in [0.29, 0.717) is 0 Å². The van der Waals surface area contributed by atoms with Gasteiger partial charge >= 0.3 is 0 Å². The van der Waals surface area contributed by atoms with Crippen LogP contribution in [-0.2, 0) is 18.4 Å². The average Bonchev–Trinajstić information content (AvgIpc) is 2.40. The molecule has 2 aromatic rings. The third kappa shape index (κ3) is 2.04. The second kappa shape index (κ2) is 4.54. The topological polar surface area (TPSA) is 38.9 Å². The highest BCUT2D eigenvalue weighted by atomic mass is 14.8. The molecule has 2 N–H and O–H groups in total. The Hall–Kier alpha value is -1.67. The standard InChI is InChI=1S/C16H18N2/c17-16(12-14-8-3-4-11-18-14)10-5-7-13-6-1-2-9-15(13)16/h1-4,6,8-9,11H,5,7,10,12,17H2. The summed E-state index contributed by atoms with van der Waals surface area (Å²) in [5, 5.41) is 0. The molecule has 18 heavy (non-hydrogen) atoms. The van der Waals surface area contributed by atoms with Crippen LogP contribution in [-0.4, -0.2) is 4.98 Å². The SMILES string of the molecule is NC1(Cc2ccccn2)CCCc2ccccc21. The monoisotopic (exact) mass is 238 g/mol. The Morgan fingerprint density at radius 1 is 1.11 bits per heavy atom. The lowest BCUT2D eigenvalue weighted by Gasteiger charge is -2.35. The van der Waals surface area contributed by atoms with Crippen LogP contribution in [0.5, 0.6) is 0 Å². The minimum Gasteiger partial charge on any atom is -0.321 e. The van der Waals surface area contributed by atoms with E-state index in [9.17, 15) is 0 Å². The quantitative estimate of drug-likeness (QED) is 0.873. The number of pyridine rings is 1. The van der Waals surface area contributed by atoms with Crippen molar-refractivity contribution in [1.82, 2.24) is 4.98 Å². The lowest BCUT2D eigenvalue weighted by atomic mass is 9.74. The number of aromatic nitrogens is 1. The van der Waals surface area contributed by atoms with Crippen molar-refractivity contribution in [2.75, 3.05) is 0 Å². The molecule has 3 rings (SSSR count). The molecule has 0 bridgehead atoms. The molecule has 1 aromatic heterocycles. The first-order valence-corrected chi connectivity index (χ1v) is 6.55. The van der Waals surface area contributed by atoms with Gasteiger partial charge in [-0.15, -0.1) is 0 Å². The van der Waals surface area contributed by atoms with Crippen LogP contribution in [0.15, 0.2) is 48.7 Å². The molecule has 2 heteroatoms. The van der Waals surface area contributed by atoms with Crippen molar-refractivity contribution in [1.29, 1.82) is 0 Å². The van der Waals surface area contributed by atoms with Crippen LogP contribution in [0.1, 0.15) is 29.7 Å². The molecule has 0 saturated heterocycles. The van der Waals surface area contributed by atoms with Crippen LogP contribution >= 0.6 is 0 Å². The van der Waals surface area contributed by atoms with Crippen molar-refractivity contribution in [3.63, 3.8) is 0 Å². The van der Waals surface area contributed by atoms with Gasteiger partial charge in [0, 0.05) is 23.9 Å². The average molecular weight is 238 g/mol. The summed E-state index contributed by atoms with van der Waals surface area (Å²) in [6.45, 7) is 0. The first-order chi connectivity index (χ1) is 8.78. The normalized spacial score (nSPS) is 22.5. The van der Waals surface area contributed by atoms with E-state index in [4.69, 9.17) is 5.73 Å². The second-order valence-corrected chi connectivity index (χ2v) is 5.16. The number of hydrogen-bond donors (Lipinski definition) is 1. The fourth-order valence-electron chi connectivity index (χ4n) is 2.96. The van der Waals surface area contributed by atoms with Crippen molar-refractivity contribution in [3.05, 3.63) is 65.5 Å². The predicted octanol–water partition coefficient (Wildman–Crippen LogP) is 2.81. The third-order valence-corrected chi connectivity index (χ3v) is 3.85. The Balaban J connectivity index is 1.96. The van der Waals surface area contributed by atoms with Crippen LogP contribution in [0, 0.1) is 0 Å². The van der Waals surface area contributed by atoms with Gasteiger partial charge in [-0.05, 0) is 42.5 Å². The molecule has 1 unspecified atom stereocenters. The molecule has 0 radical (unpaired) electrons.